The fourth-order valence-electron chi connectivity index (χ4n) is 9.04. The van der Waals surface area contributed by atoms with E-state index < -0.39 is 81.5 Å². The van der Waals surface area contributed by atoms with Gasteiger partial charge in [-0.3, -0.25) is 0 Å². The van der Waals surface area contributed by atoms with E-state index in [1.54, 1.807) is 12.1 Å². The summed E-state index contributed by atoms with van der Waals surface area (Å²) in [5, 5.41) is 27.9. The minimum absolute atomic E-state index is 0.0734. The van der Waals surface area contributed by atoms with Gasteiger partial charge in [0.15, 0.2) is 45.9 Å². The summed E-state index contributed by atoms with van der Waals surface area (Å²) in [6.07, 6.45) is 2.84. The van der Waals surface area contributed by atoms with Crippen molar-refractivity contribution in [1.29, 1.82) is 0 Å². The zero-order chi connectivity index (χ0) is 56.0. The number of ether oxygens (including phenoxy) is 2. The molecule has 0 saturated heterocycles. The molecule has 6 aromatic carbocycles. The number of rotatable bonds is 12. The first-order valence-corrected chi connectivity index (χ1v) is 26.7. The standard InChI is InChI=1S/C53H39Cl2F4N7O10S2/c1-52(2,3)47-29(31-21-27(54)9-13-37(31)73-41-23-35(58)43(25-33(41)56)77(69,70)64-19-7-17-60-64)11-15-39-45(47)49(62-75-39)66(51(67)68)50-46-40(76-63-50)16-12-30(48(46)53(4,5)6)32-22-28(55)10-14-38(32)74-42-24-36(59)44(26-34(42)57)78(71,72)65-20-8-18-61-65/h7-26H,1-6H3,(H,67,68). The molecule has 0 unspecified atom stereocenters. The van der Waals surface area contributed by atoms with Gasteiger partial charge in [0, 0.05) is 57.8 Å². The third kappa shape index (κ3) is 9.34. The molecule has 10 rings (SSSR count). The van der Waals surface area contributed by atoms with Crippen molar-refractivity contribution in [3.05, 3.63) is 166 Å². The first kappa shape index (κ1) is 53.2. The highest BCUT2D eigenvalue weighted by atomic mass is 35.5. The van der Waals surface area contributed by atoms with Crippen molar-refractivity contribution in [1.82, 2.24) is 28.7 Å². The molecule has 0 aliphatic heterocycles. The molecular formula is C53H39Cl2F4N7O10S2. The Kier molecular flexibility index (Phi) is 13.2. The average Bonchev–Trinajstić information content (AvgIpc) is 4.41. The molecule has 4 aromatic heterocycles. The minimum Gasteiger partial charge on any atom is -0.464 e. The second kappa shape index (κ2) is 19.3. The fraction of sp³-hybridized carbons (Fsp3) is 0.151. The summed E-state index contributed by atoms with van der Waals surface area (Å²) in [5.41, 5.74) is 0.300. The Morgan fingerprint density at radius 3 is 1.31 bits per heavy atom. The Bertz CT molecular complexity index is 4030. The highest BCUT2D eigenvalue weighted by molar-refractivity contribution is 7.90. The molecule has 4 heterocycles. The van der Waals surface area contributed by atoms with Gasteiger partial charge in [-0.05, 0) is 93.7 Å². The number of fused-ring (bicyclic) bond motifs is 2. The van der Waals surface area contributed by atoms with Crippen molar-refractivity contribution in [3.8, 4) is 45.3 Å². The molecule has 0 saturated carbocycles. The Hall–Kier alpha value is -8.25. The van der Waals surface area contributed by atoms with E-state index in [1.807, 2.05) is 41.5 Å². The smallest absolute Gasteiger partial charge is 0.419 e. The molecule has 0 spiro atoms. The van der Waals surface area contributed by atoms with Crippen LogP contribution in [0.1, 0.15) is 52.7 Å². The maximum Gasteiger partial charge on any atom is 0.419 e. The van der Waals surface area contributed by atoms with Crippen LogP contribution in [-0.2, 0) is 30.9 Å². The lowest BCUT2D eigenvalue weighted by molar-refractivity contribution is 0.204. The van der Waals surface area contributed by atoms with E-state index in [0.29, 0.717) is 54.7 Å². The summed E-state index contributed by atoms with van der Waals surface area (Å²) in [7, 11) is -9.26. The highest BCUT2D eigenvalue weighted by Gasteiger charge is 2.37. The van der Waals surface area contributed by atoms with Crippen LogP contribution in [0.5, 0.6) is 23.0 Å². The van der Waals surface area contributed by atoms with Crippen LogP contribution >= 0.6 is 23.2 Å². The van der Waals surface area contributed by atoms with Crippen LogP contribution in [0.3, 0.4) is 0 Å². The van der Waals surface area contributed by atoms with Crippen molar-refractivity contribution in [2.24, 2.45) is 0 Å². The minimum atomic E-state index is -4.63. The van der Waals surface area contributed by atoms with Gasteiger partial charge in [-0.15, -0.1) is 0 Å². The third-order valence-corrected chi connectivity index (χ3v) is 15.9. The second-order valence-corrected chi connectivity index (χ2v) is 23.9. The topological polar surface area (TPSA) is 215 Å². The summed E-state index contributed by atoms with van der Waals surface area (Å²) in [4.78, 5) is 12.7. The number of carbonyl (C=O) groups is 1. The molecule has 78 heavy (non-hydrogen) atoms. The number of hydrogen-bond acceptors (Lipinski definition) is 13. The van der Waals surface area contributed by atoms with E-state index in [0.717, 1.165) is 29.7 Å². The molecule has 1 N–H and O–H groups in total. The second-order valence-electron chi connectivity index (χ2n) is 19.5. The SMILES string of the molecule is CC(C)(C)c1c(-c2cc(Cl)ccc2Oc2cc(F)c(S(=O)(=O)n3cccn3)cc2F)ccc2onc(N(C(=O)O)c3noc4ccc(-c5cc(Cl)ccc5Oc5cc(F)c(S(=O)(=O)n6cccn6)cc5F)c(C(C)(C)C)c34)c12. The molecule has 0 fully saturated rings. The van der Waals surface area contributed by atoms with Crippen molar-refractivity contribution in [3.63, 3.8) is 0 Å². The number of nitrogens with zero attached hydrogens (tertiary/aromatic N) is 7. The summed E-state index contributed by atoms with van der Waals surface area (Å²) in [6, 6.07) is 19.6. The molecule has 17 nitrogen and oxygen atoms in total. The molecule has 400 valence electrons. The highest BCUT2D eigenvalue weighted by Crippen LogP contribution is 2.51. The quantitative estimate of drug-likeness (QED) is 0.113. The molecule has 0 aliphatic rings. The van der Waals surface area contributed by atoms with Gasteiger partial charge < -0.3 is 23.6 Å². The van der Waals surface area contributed by atoms with Crippen molar-refractivity contribution >= 4 is 82.9 Å². The van der Waals surface area contributed by atoms with Gasteiger partial charge in [-0.2, -0.15) is 35.2 Å². The third-order valence-electron chi connectivity index (χ3n) is 12.2. The van der Waals surface area contributed by atoms with Crippen molar-refractivity contribution in [2.75, 3.05) is 4.90 Å². The number of carboxylic acid groups (broad SMARTS) is 1. The molecule has 10 aromatic rings. The van der Waals surface area contributed by atoms with E-state index in [9.17, 15) is 26.7 Å². The molecular weight excluding hydrogens is 1110 g/mol. The number of hydrogen-bond donors (Lipinski definition) is 1. The zero-order valence-electron chi connectivity index (χ0n) is 41.4. The predicted molar refractivity (Wildman–Crippen MR) is 279 cm³/mol. The Labute approximate surface area is 450 Å². The van der Waals surface area contributed by atoms with Gasteiger partial charge in [0.25, 0.3) is 20.0 Å². The summed E-state index contributed by atoms with van der Waals surface area (Å²) in [5.74, 6) is -7.22. The number of benzene rings is 6. The molecule has 0 atom stereocenters. The zero-order valence-corrected chi connectivity index (χ0v) is 44.5. The number of halogens is 6. The van der Waals surface area contributed by atoms with Crippen LogP contribution in [0.25, 0.3) is 44.2 Å². The Morgan fingerprint density at radius 2 is 0.962 bits per heavy atom. The lowest BCUT2D eigenvalue weighted by atomic mass is 9.79. The first-order valence-electron chi connectivity index (χ1n) is 23.1. The van der Waals surface area contributed by atoms with Crippen LogP contribution < -0.4 is 14.4 Å². The molecule has 1 amide bonds. The first-order chi connectivity index (χ1) is 36.7. The maximum absolute atomic E-state index is 15.9. The number of amides is 1. The van der Waals surface area contributed by atoms with Crippen LogP contribution in [0.2, 0.25) is 10.0 Å². The molecule has 0 aliphatic carbocycles. The van der Waals surface area contributed by atoms with Crippen LogP contribution in [0.4, 0.5) is 34.0 Å². The molecule has 0 radical (unpaired) electrons. The average molecular weight is 1140 g/mol. The number of aromatic nitrogens is 6. The normalized spacial score (nSPS) is 12.4. The lowest BCUT2D eigenvalue weighted by Gasteiger charge is -2.27. The van der Waals surface area contributed by atoms with E-state index in [-0.39, 0.29) is 66.2 Å². The summed E-state index contributed by atoms with van der Waals surface area (Å²) >= 11 is 13.2. The Morgan fingerprint density at radius 1 is 0.564 bits per heavy atom. The van der Waals surface area contributed by atoms with Crippen molar-refractivity contribution in [2.45, 2.75) is 62.2 Å². The van der Waals surface area contributed by atoms with Gasteiger partial charge in [0.2, 0.25) is 0 Å². The fourth-order valence-corrected chi connectivity index (χ4v) is 11.7. The van der Waals surface area contributed by atoms with Crippen LogP contribution in [-0.4, -0.2) is 56.7 Å². The van der Waals surface area contributed by atoms with E-state index >= 15 is 17.6 Å². The summed E-state index contributed by atoms with van der Waals surface area (Å²) in [6.45, 7) is 10.9. The van der Waals surface area contributed by atoms with Crippen molar-refractivity contribution < 1.29 is 62.8 Å². The van der Waals surface area contributed by atoms with E-state index in [1.165, 1.54) is 60.7 Å². The lowest BCUT2D eigenvalue weighted by Crippen LogP contribution is -2.26. The van der Waals surface area contributed by atoms with E-state index in [2.05, 4.69) is 20.5 Å². The van der Waals surface area contributed by atoms with Crippen LogP contribution in [0, 0.1) is 23.3 Å². The van der Waals surface area contributed by atoms with Gasteiger partial charge in [-0.25, -0.2) is 27.3 Å². The Balaban J connectivity index is 1.11. The van der Waals surface area contributed by atoms with Crippen LogP contribution in [0.15, 0.2) is 141 Å². The maximum atomic E-state index is 15.9. The monoisotopic (exact) mass is 1140 g/mol. The molecule has 0 bridgehead atoms. The summed E-state index contributed by atoms with van der Waals surface area (Å²) < 4.78 is 140. The van der Waals surface area contributed by atoms with E-state index in [4.69, 9.17) is 41.7 Å². The van der Waals surface area contributed by atoms with Gasteiger partial charge in [0.05, 0.1) is 23.2 Å². The largest absolute Gasteiger partial charge is 0.464 e. The van der Waals surface area contributed by atoms with Gasteiger partial charge in [-0.1, -0.05) is 87.2 Å². The number of anilines is 2. The predicted octanol–water partition coefficient (Wildman–Crippen LogP) is 14.0. The van der Waals surface area contributed by atoms with Gasteiger partial charge >= 0.3 is 6.09 Å². The molecule has 25 heteroatoms. The van der Waals surface area contributed by atoms with Gasteiger partial charge in [0.1, 0.15) is 32.9 Å².